The van der Waals surface area contributed by atoms with Gasteiger partial charge in [-0.3, -0.25) is 0 Å². The lowest BCUT2D eigenvalue weighted by atomic mass is 9.89. The van der Waals surface area contributed by atoms with Gasteiger partial charge in [-0.05, 0) is 61.4 Å². The zero-order valence-electron chi connectivity index (χ0n) is 20.1. The van der Waals surface area contributed by atoms with Gasteiger partial charge in [-0.15, -0.1) is 5.06 Å². The van der Waals surface area contributed by atoms with Gasteiger partial charge in [0.05, 0.1) is 19.3 Å². The molecule has 0 aliphatic carbocycles. The van der Waals surface area contributed by atoms with Gasteiger partial charge in [-0.1, -0.05) is 48.2 Å². The van der Waals surface area contributed by atoms with Crippen molar-refractivity contribution >= 4 is 28.7 Å². The number of thioether (sulfide) groups is 1. The van der Waals surface area contributed by atoms with Gasteiger partial charge in [-0.25, -0.2) is 14.8 Å². The van der Waals surface area contributed by atoms with Crippen molar-refractivity contribution in [1.82, 2.24) is 15.0 Å². The summed E-state index contributed by atoms with van der Waals surface area (Å²) in [5, 5.41) is 4.75. The molecule has 1 aromatic heterocycles. The molecule has 34 heavy (non-hydrogen) atoms. The van der Waals surface area contributed by atoms with Gasteiger partial charge in [0.25, 0.3) is 0 Å². The van der Waals surface area contributed by atoms with E-state index in [0.717, 1.165) is 22.7 Å². The average molecular weight is 482 g/mol. The molecule has 0 N–H and O–H groups in total. The van der Waals surface area contributed by atoms with E-state index in [2.05, 4.69) is 40.3 Å². The number of fused-ring (bicyclic) bond motifs is 1. The predicted molar refractivity (Wildman–Crippen MR) is 133 cm³/mol. The molecule has 1 saturated heterocycles. The molecule has 1 aliphatic rings. The number of benzene rings is 2. The molecule has 4 rings (SSSR count). The van der Waals surface area contributed by atoms with Gasteiger partial charge in [0.2, 0.25) is 0 Å². The van der Waals surface area contributed by atoms with Crippen LogP contribution >= 0.6 is 11.8 Å². The fourth-order valence-corrected chi connectivity index (χ4v) is 4.37. The topological polar surface area (TPSA) is 73.8 Å². The highest BCUT2D eigenvalue weighted by Crippen LogP contribution is 2.31. The van der Waals surface area contributed by atoms with Crippen LogP contribution in [0.2, 0.25) is 0 Å². The van der Waals surface area contributed by atoms with Crippen molar-refractivity contribution < 1.29 is 19.1 Å². The van der Waals surface area contributed by atoms with E-state index < -0.39 is 11.8 Å². The van der Waals surface area contributed by atoms with E-state index in [-0.39, 0.29) is 12.0 Å². The van der Waals surface area contributed by atoms with E-state index in [1.807, 2.05) is 51.6 Å². The monoisotopic (exact) mass is 481 g/mol. The molecular weight excluding hydrogens is 450 g/mol. The minimum atomic E-state index is -0.702. The third kappa shape index (κ3) is 6.46. The second kappa shape index (κ2) is 10.7. The van der Waals surface area contributed by atoms with Crippen LogP contribution in [0.15, 0.2) is 60.0 Å². The Morgan fingerprint density at radius 3 is 2.56 bits per heavy atom. The van der Waals surface area contributed by atoms with Gasteiger partial charge >= 0.3 is 6.16 Å². The summed E-state index contributed by atoms with van der Waals surface area (Å²) in [4.78, 5) is 26.6. The summed E-state index contributed by atoms with van der Waals surface area (Å²) in [7, 11) is 0. The number of rotatable bonds is 6. The summed E-state index contributed by atoms with van der Waals surface area (Å²) in [6.45, 7) is 6.90. The fourth-order valence-electron chi connectivity index (χ4n) is 4.05. The van der Waals surface area contributed by atoms with Crippen molar-refractivity contribution in [3.05, 3.63) is 66.0 Å². The van der Waals surface area contributed by atoms with Crippen LogP contribution in [0.5, 0.6) is 0 Å². The van der Waals surface area contributed by atoms with Crippen molar-refractivity contribution in [3.63, 3.8) is 0 Å². The molecule has 2 aromatic carbocycles. The number of carbonyl (C=O) groups is 1. The predicted octanol–water partition coefficient (Wildman–Crippen LogP) is 5.59. The number of hydrogen-bond acceptors (Lipinski definition) is 8. The van der Waals surface area contributed by atoms with E-state index in [1.54, 1.807) is 5.06 Å². The molecule has 2 atom stereocenters. The number of piperidine rings is 1. The van der Waals surface area contributed by atoms with Crippen LogP contribution in [-0.4, -0.2) is 52.2 Å². The van der Waals surface area contributed by atoms with Crippen molar-refractivity contribution in [3.8, 4) is 0 Å². The highest BCUT2D eigenvalue weighted by molar-refractivity contribution is 7.98. The van der Waals surface area contributed by atoms with Crippen LogP contribution < -0.4 is 0 Å². The Hall–Kier alpha value is -2.68. The summed E-state index contributed by atoms with van der Waals surface area (Å²) in [5.74, 6) is 0.0925. The standard InChI is InChI=1S/C26H31N3O4S/c1-26(2,3)32-25(30)33-29-12-11-22(21-14-27-24(34-4)28-15-21)23(16-29)31-17-18-9-10-19-7-5-6-8-20(19)13-18/h5-10,13-15,22-23H,11-12,16-17H2,1-4H3. The second-order valence-corrected chi connectivity index (χ2v) is 10.1. The molecule has 2 heterocycles. The summed E-state index contributed by atoms with van der Waals surface area (Å²) in [6, 6.07) is 14.6. The van der Waals surface area contributed by atoms with E-state index in [0.29, 0.717) is 19.7 Å². The normalized spacial score (nSPS) is 19.2. The lowest BCUT2D eigenvalue weighted by molar-refractivity contribution is -0.179. The van der Waals surface area contributed by atoms with Crippen molar-refractivity contribution in [2.45, 2.75) is 56.6 Å². The van der Waals surface area contributed by atoms with E-state index >= 15 is 0 Å². The summed E-state index contributed by atoms with van der Waals surface area (Å²) < 4.78 is 11.7. The minimum Gasteiger partial charge on any atom is -0.427 e. The molecular formula is C26H31N3O4S. The first-order chi connectivity index (χ1) is 16.3. The number of ether oxygens (including phenoxy) is 2. The molecule has 1 fully saturated rings. The maximum Gasteiger partial charge on any atom is 0.528 e. The summed E-state index contributed by atoms with van der Waals surface area (Å²) in [5.41, 5.74) is 1.51. The molecule has 0 radical (unpaired) electrons. The molecule has 0 spiro atoms. The molecule has 1 aliphatic heterocycles. The zero-order valence-corrected chi connectivity index (χ0v) is 20.9. The van der Waals surface area contributed by atoms with Gasteiger partial charge in [0, 0.05) is 24.9 Å². The number of aromatic nitrogens is 2. The maximum atomic E-state index is 12.2. The molecule has 180 valence electrons. The van der Waals surface area contributed by atoms with Gasteiger partial charge in [0.15, 0.2) is 5.16 Å². The number of carbonyl (C=O) groups excluding carboxylic acids is 1. The number of hydrogen-bond donors (Lipinski definition) is 0. The largest absolute Gasteiger partial charge is 0.528 e. The minimum absolute atomic E-state index is 0.0925. The Balaban J connectivity index is 1.48. The maximum absolute atomic E-state index is 12.2. The highest BCUT2D eigenvalue weighted by Gasteiger charge is 2.34. The Morgan fingerprint density at radius 1 is 1.12 bits per heavy atom. The second-order valence-electron chi connectivity index (χ2n) is 9.37. The Kier molecular flexibility index (Phi) is 7.70. The Labute approximate surface area is 204 Å². The first-order valence-corrected chi connectivity index (χ1v) is 12.6. The van der Waals surface area contributed by atoms with Crippen LogP contribution in [0, 0.1) is 0 Å². The van der Waals surface area contributed by atoms with Crippen molar-refractivity contribution in [2.75, 3.05) is 19.3 Å². The Bertz CT molecular complexity index is 1120. The van der Waals surface area contributed by atoms with E-state index in [1.165, 1.54) is 22.5 Å². The first-order valence-electron chi connectivity index (χ1n) is 11.4. The average Bonchev–Trinajstić information content (AvgIpc) is 2.81. The van der Waals surface area contributed by atoms with Gasteiger partial charge in [-0.2, -0.15) is 0 Å². The lowest BCUT2D eigenvalue weighted by Gasteiger charge is -2.37. The van der Waals surface area contributed by atoms with Crippen LogP contribution in [0.4, 0.5) is 4.79 Å². The van der Waals surface area contributed by atoms with Crippen LogP contribution in [0.1, 0.15) is 44.2 Å². The van der Waals surface area contributed by atoms with Crippen molar-refractivity contribution in [1.29, 1.82) is 0 Å². The summed E-state index contributed by atoms with van der Waals surface area (Å²) in [6.07, 6.45) is 5.54. The number of nitrogens with zero attached hydrogens (tertiary/aromatic N) is 3. The third-order valence-corrected chi connectivity index (χ3v) is 6.23. The number of hydroxylamine groups is 2. The molecule has 2 unspecified atom stereocenters. The van der Waals surface area contributed by atoms with E-state index in [4.69, 9.17) is 14.3 Å². The molecule has 0 saturated carbocycles. The molecule has 7 nitrogen and oxygen atoms in total. The van der Waals surface area contributed by atoms with Crippen LogP contribution in [-0.2, 0) is 20.9 Å². The molecule has 8 heteroatoms. The van der Waals surface area contributed by atoms with Crippen LogP contribution in [0.3, 0.4) is 0 Å². The molecule has 0 bridgehead atoms. The SMILES string of the molecule is CSc1ncc(C2CCN(OC(=O)OC(C)(C)C)CC2OCc2ccc3ccccc3c2)cn1. The Morgan fingerprint density at radius 2 is 1.85 bits per heavy atom. The zero-order chi connectivity index (χ0) is 24.1. The smallest absolute Gasteiger partial charge is 0.427 e. The van der Waals surface area contributed by atoms with Gasteiger partial charge < -0.3 is 14.3 Å². The van der Waals surface area contributed by atoms with Crippen LogP contribution in [0.25, 0.3) is 10.8 Å². The van der Waals surface area contributed by atoms with Gasteiger partial charge in [0.1, 0.15) is 5.60 Å². The first kappa shape index (κ1) is 24.4. The molecule has 0 amide bonds. The summed E-state index contributed by atoms with van der Waals surface area (Å²) >= 11 is 1.51. The van der Waals surface area contributed by atoms with E-state index in [9.17, 15) is 4.79 Å². The quantitative estimate of drug-likeness (QED) is 0.256. The van der Waals surface area contributed by atoms with Crippen molar-refractivity contribution in [2.24, 2.45) is 0 Å². The third-order valence-electron chi connectivity index (χ3n) is 5.65. The molecule has 3 aromatic rings. The lowest BCUT2D eigenvalue weighted by Crippen LogP contribution is -2.45. The highest BCUT2D eigenvalue weighted by atomic mass is 32.2. The fraction of sp³-hybridized carbons (Fsp3) is 0.423.